The summed E-state index contributed by atoms with van der Waals surface area (Å²) in [5.74, 6) is 0.986. The summed E-state index contributed by atoms with van der Waals surface area (Å²) in [6, 6.07) is 8.92. The normalized spacial score (nSPS) is 12.6. The van der Waals surface area contributed by atoms with E-state index in [2.05, 4.69) is 20.6 Å². The first-order valence-corrected chi connectivity index (χ1v) is 8.83. The summed E-state index contributed by atoms with van der Waals surface area (Å²) in [4.78, 5) is 8.48. The van der Waals surface area contributed by atoms with Crippen LogP contribution < -0.4 is 15.4 Å². The van der Waals surface area contributed by atoms with Crippen molar-refractivity contribution in [2.24, 2.45) is 4.99 Å². The van der Waals surface area contributed by atoms with Gasteiger partial charge in [-0.2, -0.15) is 0 Å². The van der Waals surface area contributed by atoms with Gasteiger partial charge in [-0.15, -0.1) is 0 Å². The third kappa shape index (κ3) is 6.53. The van der Waals surface area contributed by atoms with Crippen molar-refractivity contribution in [2.75, 3.05) is 27.4 Å². The minimum absolute atomic E-state index is 0.0824. The highest BCUT2D eigenvalue weighted by atomic mass is 19.1. The molecule has 0 aliphatic heterocycles. The van der Waals surface area contributed by atoms with Gasteiger partial charge in [-0.1, -0.05) is 18.2 Å². The molecule has 27 heavy (non-hydrogen) atoms. The van der Waals surface area contributed by atoms with Crippen LogP contribution in [0.5, 0.6) is 5.88 Å². The Kier molecular flexibility index (Phi) is 8.00. The van der Waals surface area contributed by atoms with Crippen molar-refractivity contribution in [3.8, 4) is 5.88 Å². The molecular weight excluding hydrogens is 347 g/mol. The van der Waals surface area contributed by atoms with Crippen molar-refractivity contribution in [3.63, 3.8) is 0 Å². The second kappa shape index (κ2) is 10.5. The largest absolute Gasteiger partial charge is 0.475 e. The number of nitrogens with one attached hydrogen (secondary N) is 2. The van der Waals surface area contributed by atoms with Gasteiger partial charge in [-0.25, -0.2) is 9.37 Å². The second-order valence-electron chi connectivity index (χ2n) is 6.15. The Bertz CT molecular complexity index is 750. The van der Waals surface area contributed by atoms with E-state index in [1.807, 2.05) is 25.1 Å². The lowest BCUT2D eigenvalue weighted by Gasteiger charge is -2.18. The molecule has 7 heteroatoms. The number of hydrogen-bond acceptors (Lipinski definition) is 4. The van der Waals surface area contributed by atoms with Gasteiger partial charge >= 0.3 is 0 Å². The smallest absolute Gasteiger partial charge is 0.213 e. The number of nitrogens with zero attached hydrogens (tertiary/aromatic N) is 2. The molecule has 2 aromatic rings. The molecule has 0 bridgehead atoms. The molecule has 6 nitrogen and oxygen atoms in total. The highest BCUT2D eigenvalue weighted by molar-refractivity contribution is 5.80. The third-order valence-electron chi connectivity index (χ3n) is 4.07. The Morgan fingerprint density at radius 3 is 2.70 bits per heavy atom. The molecule has 0 saturated heterocycles. The molecule has 1 aromatic carbocycles. The van der Waals surface area contributed by atoms with Crippen LogP contribution in [0.15, 0.2) is 41.5 Å². The van der Waals surface area contributed by atoms with Gasteiger partial charge in [0, 0.05) is 33.0 Å². The molecule has 0 aliphatic carbocycles. The highest BCUT2D eigenvalue weighted by Crippen LogP contribution is 2.16. The van der Waals surface area contributed by atoms with Crippen LogP contribution >= 0.6 is 0 Å². The van der Waals surface area contributed by atoms with Gasteiger partial charge in [0.05, 0.1) is 12.6 Å². The van der Waals surface area contributed by atoms with E-state index in [0.717, 1.165) is 11.1 Å². The maximum Gasteiger partial charge on any atom is 0.213 e. The van der Waals surface area contributed by atoms with Gasteiger partial charge in [-0.05, 0) is 36.6 Å². The Labute approximate surface area is 159 Å². The minimum atomic E-state index is -0.206. The number of guanidine groups is 1. The van der Waals surface area contributed by atoms with E-state index in [-0.39, 0.29) is 11.9 Å². The van der Waals surface area contributed by atoms with Crippen LogP contribution in [0.1, 0.15) is 29.7 Å². The molecule has 1 unspecified atom stereocenters. The summed E-state index contributed by atoms with van der Waals surface area (Å²) >= 11 is 0. The minimum Gasteiger partial charge on any atom is -0.475 e. The zero-order chi connectivity index (χ0) is 19.6. The molecular formula is C20H27FN4O2. The van der Waals surface area contributed by atoms with E-state index in [9.17, 15) is 4.39 Å². The van der Waals surface area contributed by atoms with Crippen molar-refractivity contribution in [1.29, 1.82) is 0 Å². The Morgan fingerprint density at radius 2 is 2.07 bits per heavy atom. The van der Waals surface area contributed by atoms with E-state index in [0.29, 0.717) is 37.2 Å². The first-order chi connectivity index (χ1) is 13.0. The fourth-order valence-electron chi connectivity index (χ4n) is 2.38. The van der Waals surface area contributed by atoms with E-state index >= 15 is 0 Å². The van der Waals surface area contributed by atoms with Gasteiger partial charge in [0.1, 0.15) is 12.4 Å². The molecule has 0 aliphatic rings. The lowest BCUT2D eigenvalue weighted by atomic mass is 10.1. The van der Waals surface area contributed by atoms with Gasteiger partial charge in [0.15, 0.2) is 5.96 Å². The van der Waals surface area contributed by atoms with E-state index < -0.39 is 0 Å². The molecule has 1 atom stereocenters. The molecule has 1 heterocycles. The number of benzene rings is 1. The van der Waals surface area contributed by atoms with Crippen LogP contribution in [-0.2, 0) is 11.3 Å². The zero-order valence-electron chi connectivity index (χ0n) is 16.3. The summed E-state index contributed by atoms with van der Waals surface area (Å²) in [6.07, 6.45) is 1.75. The molecule has 0 amide bonds. The van der Waals surface area contributed by atoms with Gasteiger partial charge in [0.2, 0.25) is 5.88 Å². The number of aliphatic imine (C=N–C) groups is 1. The maximum absolute atomic E-state index is 13.8. The molecule has 0 fully saturated rings. The number of aryl methyl sites for hydroxylation is 1. The van der Waals surface area contributed by atoms with Crippen LogP contribution in [0.4, 0.5) is 4.39 Å². The Balaban J connectivity index is 1.86. The van der Waals surface area contributed by atoms with Gasteiger partial charge < -0.3 is 20.1 Å². The summed E-state index contributed by atoms with van der Waals surface area (Å²) in [5, 5.41) is 6.49. The quantitative estimate of drug-likeness (QED) is 0.422. The molecule has 0 saturated carbocycles. The number of hydrogen-bond donors (Lipinski definition) is 2. The van der Waals surface area contributed by atoms with Crippen LogP contribution in [-0.4, -0.2) is 38.3 Å². The number of halogens is 1. The number of ether oxygens (including phenoxy) is 2. The lowest BCUT2D eigenvalue weighted by molar-refractivity contribution is 0.143. The summed E-state index contributed by atoms with van der Waals surface area (Å²) in [6.45, 7) is 5.26. The van der Waals surface area contributed by atoms with Crippen molar-refractivity contribution in [1.82, 2.24) is 15.6 Å². The van der Waals surface area contributed by atoms with Crippen molar-refractivity contribution in [3.05, 3.63) is 59.0 Å². The Morgan fingerprint density at radius 1 is 1.26 bits per heavy atom. The van der Waals surface area contributed by atoms with Gasteiger partial charge in [-0.3, -0.25) is 4.99 Å². The molecule has 0 radical (unpaired) electrons. The number of pyridine rings is 1. The number of methoxy groups -OCH3 is 1. The van der Waals surface area contributed by atoms with Gasteiger partial charge in [0.25, 0.3) is 0 Å². The van der Waals surface area contributed by atoms with Crippen LogP contribution in [0.3, 0.4) is 0 Å². The standard InChI is InChI=1S/C20H27FN4O2/c1-14-5-7-17(11-18(14)21)15(2)25-20(22-3)24-13-16-6-8-19(23-12-16)27-10-9-26-4/h5-8,11-12,15H,9-10,13H2,1-4H3,(H2,22,24,25). The first-order valence-electron chi connectivity index (χ1n) is 8.83. The predicted molar refractivity (Wildman–Crippen MR) is 104 cm³/mol. The molecule has 2 rings (SSSR count). The Hall–Kier alpha value is -2.67. The molecule has 146 valence electrons. The topological polar surface area (TPSA) is 67.8 Å². The van der Waals surface area contributed by atoms with E-state index in [1.165, 1.54) is 0 Å². The average Bonchev–Trinajstić information content (AvgIpc) is 2.68. The average molecular weight is 374 g/mol. The molecule has 2 N–H and O–H groups in total. The SMILES string of the molecule is CN=C(NCc1ccc(OCCOC)nc1)NC(C)c1ccc(C)c(F)c1. The van der Waals surface area contributed by atoms with E-state index in [4.69, 9.17) is 9.47 Å². The van der Waals surface area contributed by atoms with Crippen molar-refractivity contribution >= 4 is 5.96 Å². The van der Waals surface area contributed by atoms with Crippen molar-refractivity contribution < 1.29 is 13.9 Å². The molecule has 0 spiro atoms. The highest BCUT2D eigenvalue weighted by Gasteiger charge is 2.10. The fourth-order valence-corrected chi connectivity index (χ4v) is 2.38. The zero-order valence-corrected chi connectivity index (χ0v) is 16.3. The summed E-state index contributed by atoms with van der Waals surface area (Å²) in [7, 11) is 3.32. The molecule has 1 aromatic heterocycles. The predicted octanol–water partition coefficient (Wildman–Crippen LogP) is 2.98. The van der Waals surface area contributed by atoms with E-state index in [1.54, 1.807) is 39.4 Å². The first kappa shape index (κ1) is 20.6. The lowest BCUT2D eigenvalue weighted by Crippen LogP contribution is -2.38. The van der Waals surface area contributed by atoms with Crippen LogP contribution in [0, 0.1) is 12.7 Å². The maximum atomic E-state index is 13.8. The van der Waals surface area contributed by atoms with Crippen LogP contribution in [0.25, 0.3) is 0 Å². The van der Waals surface area contributed by atoms with Crippen molar-refractivity contribution in [2.45, 2.75) is 26.4 Å². The number of aromatic nitrogens is 1. The third-order valence-corrected chi connectivity index (χ3v) is 4.07. The summed E-state index contributed by atoms with van der Waals surface area (Å²) in [5.41, 5.74) is 2.49. The second-order valence-corrected chi connectivity index (χ2v) is 6.15. The fraction of sp³-hybridized carbons (Fsp3) is 0.400. The number of rotatable bonds is 8. The monoisotopic (exact) mass is 374 g/mol. The summed E-state index contributed by atoms with van der Waals surface area (Å²) < 4.78 is 24.1. The van der Waals surface area contributed by atoms with Crippen LogP contribution in [0.2, 0.25) is 0 Å².